The van der Waals surface area contributed by atoms with E-state index in [4.69, 9.17) is 4.98 Å². The zero-order valence-electron chi connectivity index (χ0n) is 14.4. The minimum Gasteiger partial charge on any atom is -0.284 e. The molecule has 0 aliphatic heterocycles. The molecule has 0 saturated heterocycles. The summed E-state index contributed by atoms with van der Waals surface area (Å²) in [5, 5.41) is 10.3. The Kier molecular flexibility index (Phi) is 4.96. The summed E-state index contributed by atoms with van der Waals surface area (Å²) in [6.07, 6.45) is 3.35. The number of nitrogens with zero attached hydrogens (tertiary/aromatic N) is 3. The van der Waals surface area contributed by atoms with Crippen LogP contribution >= 0.6 is 11.8 Å². The van der Waals surface area contributed by atoms with Crippen LogP contribution in [0.15, 0.2) is 34.2 Å². The number of hydrogen-bond acceptors (Lipinski definition) is 4. The fraction of sp³-hybridized carbons (Fsp3) is 0.526. The molecule has 4 nitrogen and oxygen atoms in total. The molecule has 3 rings (SSSR count). The van der Waals surface area contributed by atoms with Crippen molar-refractivity contribution in [2.45, 2.75) is 56.5 Å². The van der Waals surface area contributed by atoms with E-state index >= 15 is 0 Å². The monoisotopic (exact) mass is 341 g/mol. The van der Waals surface area contributed by atoms with Crippen LogP contribution in [-0.2, 0) is 0 Å². The third-order valence-corrected chi connectivity index (χ3v) is 6.19. The van der Waals surface area contributed by atoms with Crippen molar-refractivity contribution in [2.75, 3.05) is 0 Å². The van der Waals surface area contributed by atoms with E-state index in [1.807, 2.05) is 35.8 Å². The summed E-state index contributed by atoms with van der Waals surface area (Å²) in [7, 11) is 0. The first-order valence-electron chi connectivity index (χ1n) is 8.60. The number of fused-ring (bicyclic) bond motifs is 1. The Balaban J connectivity index is 2.19. The number of aromatic nitrogens is 2. The molecule has 0 N–H and O–H groups in total. The van der Waals surface area contributed by atoms with Gasteiger partial charge in [0.2, 0.25) is 0 Å². The molecule has 24 heavy (non-hydrogen) atoms. The molecular weight excluding hydrogens is 318 g/mol. The minimum atomic E-state index is -0.236. The molecule has 5 heteroatoms. The van der Waals surface area contributed by atoms with Crippen LogP contribution < -0.4 is 5.56 Å². The van der Waals surface area contributed by atoms with Gasteiger partial charge in [-0.3, -0.25) is 9.36 Å². The van der Waals surface area contributed by atoms with E-state index in [1.54, 1.807) is 0 Å². The summed E-state index contributed by atoms with van der Waals surface area (Å²) in [5.41, 5.74) is 0.738. The van der Waals surface area contributed by atoms with Crippen LogP contribution in [0.2, 0.25) is 0 Å². The molecule has 0 spiro atoms. The van der Waals surface area contributed by atoms with Crippen molar-refractivity contribution in [3.05, 3.63) is 34.6 Å². The van der Waals surface area contributed by atoms with E-state index in [2.05, 4.69) is 19.9 Å². The zero-order valence-corrected chi connectivity index (χ0v) is 15.2. The van der Waals surface area contributed by atoms with Crippen LogP contribution in [0.1, 0.15) is 46.1 Å². The minimum absolute atomic E-state index is 0.0270. The average Bonchev–Trinajstić information content (AvgIpc) is 2.58. The van der Waals surface area contributed by atoms with E-state index in [1.165, 1.54) is 18.2 Å². The van der Waals surface area contributed by atoms with Crippen molar-refractivity contribution in [1.82, 2.24) is 9.55 Å². The molecule has 1 aromatic carbocycles. The largest absolute Gasteiger partial charge is 0.284 e. The van der Waals surface area contributed by atoms with E-state index in [0.29, 0.717) is 27.9 Å². The van der Waals surface area contributed by atoms with Gasteiger partial charge in [-0.25, -0.2) is 4.98 Å². The van der Waals surface area contributed by atoms with E-state index < -0.39 is 0 Å². The van der Waals surface area contributed by atoms with Gasteiger partial charge in [0.25, 0.3) is 5.56 Å². The maximum absolute atomic E-state index is 13.2. The molecule has 1 heterocycles. The van der Waals surface area contributed by atoms with E-state index in [0.717, 1.165) is 12.8 Å². The van der Waals surface area contributed by atoms with Crippen molar-refractivity contribution in [1.29, 1.82) is 5.26 Å². The maximum Gasteiger partial charge on any atom is 0.262 e. The average molecular weight is 341 g/mol. The highest BCUT2D eigenvalue weighted by atomic mass is 32.2. The summed E-state index contributed by atoms with van der Waals surface area (Å²) in [6.45, 7) is 6.35. The van der Waals surface area contributed by atoms with Crippen molar-refractivity contribution in [3.8, 4) is 6.07 Å². The van der Waals surface area contributed by atoms with Crippen molar-refractivity contribution < 1.29 is 0 Å². The molecule has 4 atom stereocenters. The first-order chi connectivity index (χ1) is 11.5. The molecule has 1 fully saturated rings. The molecule has 0 radical (unpaired) electrons. The SMILES string of the molecule is C[C@@H]1[C@@H](C)CCC[C@@H]1n1c(S[C@@H](C)C#N)nc2ccccc2c1=O. The van der Waals surface area contributed by atoms with Gasteiger partial charge in [0.15, 0.2) is 5.16 Å². The Morgan fingerprint density at radius 1 is 1.33 bits per heavy atom. The van der Waals surface area contributed by atoms with Gasteiger partial charge in [-0.05, 0) is 37.3 Å². The standard InChI is InChI=1S/C19H23N3OS/c1-12-7-6-10-17(14(12)3)22-18(23)15-8-4-5-9-16(15)21-19(22)24-13(2)11-20/h4-5,8-9,12-14,17H,6-7,10H2,1-3H3/t12-,13-,14+,17-/m0/s1. The summed E-state index contributed by atoms with van der Waals surface area (Å²) < 4.78 is 1.88. The van der Waals surface area contributed by atoms with Crippen LogP contribution in [0, 0.1) is 23.2 Å². The van der Waals surface area contributed by atoms with Crippen LogP contribution in [-0.4, -0.2) is 14.8 Å². The molecule has 1 aliphatic carbocycles. The van der Waals surface area contributed by atoms with Gasteiger partial charge in [0, 0.05) is 6.04 Å². The van der Waals surface area contributed by atoms with E-state index in [9.17, 15) is 10.1 Å². The maximum atomic E-state index is 13.2. The van der Waals surface area contributed by atoms with Gasteiger partial charge >= 0.3 is 0 Å². The molecule has 0 bridgehead atoms. The molecule has 0 amide bonds. The number of thioether (sulfide) groups is 1. The first kappa shape index (κ1) is 17.0. The smallest absolute Gasteiger partial charge is 0.262 e. The van der Waals surface area contributed by atoms with Crippen LogP contribution in [0.25, 0.3) is 10.9 Å². The Morgan fingerprint density at radius 3 is 2.83 bits per heavy atom. The summed E-state index contributed by atoms with van der Waals surface area (Å²) >= 11 is 1.39. The summed E-state index contributed by atoms with van der Waals surface area (Å²) in [4.78, 5) is 17.9. The first-order valence-corrected chi connectivity index (χ1v) is 9.48. The van der Waals surface area contributed by atoms with Gasteiger partial charge in [-0.15, -0.1) is 0 Å². The van der Waals surface area contributed by atoms with Gasteiger partial charge in [-0.2, -0.15) is 5.26 Å². The van der Waals surface area contributed by atoms with Crippen LogP contribution in [0.5, 0.6) is 0 Å². The van der Waals surface area contributed by atoms with Gasteiger partial charge in [0.05, 0.1) is 22.2 Å². The lowest BCUT2D eigenvalue weighted by Crippen LogP contribution is -2.35. The fourth-order valence-corrected chi connectivity index (χ4v) is 4.46. The highest BCUT2D eigenvalue weighted by molar-refractivity contribution is 8.00. The van der Waals surface area contributed by atoms with Crippen molar-refractivity contribution >= 4 is 22.7 Å². The Hall–Kier alpha value is -1.80. The van der Waals surface area contributed by atoms with E-state index in [-0.39, 0.29) is 16.9 Å². The number of rotatable bonds is 3. The lowest BCUT2D eigenvalue weighted by Gasteiger charge is -2.36. The topological polar surface area (TPSA) is 58.7 Å². The molecule has 2 aromatic rings. The Bertz CT molecular complexity index is 839. The molecule has 1 aliphatic rings. The van der Waals surface area contributed by atoms with Crippen molar-refractivity contribution in [3.63, 3.8) is 0 Å². The molecule has 1 aromatic heterocycles. The molecule has 0 unspecified atom stereocenters. The molecular formula is C19H23N3OS. The molecule has 126 valence electrons. The summed E-state index contributed by atoms with van der Waals surface area (Å²) in [6, 6.07) is 9.89. The Morgan fingerprint density at radius 2 is 2.08 bits per heavy atom. The third-order valence-electron chi connectivity index (χ3n) is 5.23. The zero-order chi connectivity index (χ0) is 17.3. The van der Waals surface area contributed by atoms with Gasteiger partial charge in [0.1, 0.15) is 0 Å². The lowest BCUT2D eigenvalue weighted by atomic mass is 9.78. The van der Waals surface area contributed by atoms with Crippen LogP contribution in [0.4, 0.5) is 0 Å². The van der Waals surface area contributed by atoms with Gasteiger partial charge in [-0.1, -0.05) is 50.6 Å². The second kappa shape index (κ2) is 6.98. The quantitative estimate of drug-likeness (QED) is 0.613. The van der Waals surface area contributed by atoms with Gasteiger partial charge < -0.3 is 0 Å². The number of benzene rings is 1. The number of hydrogen-bond donors (Lipinski definition) is 0. The summed E-state index contributed by atoms with van der Waals surface area (Å²) in [5.74, 6) is 1.02. The van der Waals surface area contributed by atoms with Crippen molar-refractivity contribution in [2.24, 2.45) is 11.8 Å². The molecule has 1 saturated carbocycles. The third kappa shape index (κ3) is 3.08. The second-order valence-corrected chi connectivity index (χ2v) is 8.12. The number of nitriles is 1. The number of para-hydroxylation sites is 1. The Labute approximate surface area is 146 Å². The second-order valence-electron chi connectivity index (χ2n) is 6.81. The fourth-order valence-electron chi connectivity index (χ4n) is 3.60. The normalized spacial score (nSPS) is 25.3. The highest BCUT2D eigenvalue weighted by Gasteiger charge is 2.31. The lowest BCUT2D eigenvalue weighted by molar-refractivity contribution is 0.173. The predicted octanol–water partition coefficient (Wildman–Crippen LogP) is 4.40. The highest BCUT2D eigenvalue weighted by Crippen LogP contribution is 2.39. The predicted molar refractivity (Wildman–Crippen MR) is 98.2 cm³/mol. The van der Waals surface area contributed by atoms with Crippen LogP contribution in [0.3, 0.4) is 0 Å².